The van der Waals surface area contributed by atoms with E-state index in [4.69, 9.17) is 0 Å². The minimum atomic E-state index is 0.885. The molecular formula is C13H21N3. The highest BCUT2D eigenvalue weighted by Gasteiger charge is 1.95. The van der Waals surface area contributed by atoms with E-state index in [9.17, 15) is 0 Å². The maximum absolute atomic E-state index is 4.12. The van der Waals surface area contributed by atoms with Crippen LogP contribution >= 0.6 is 0 Å². The molecule has 0 saturated carbocycles. The fraction of sp³-hybridized carbons (Fsp3) is 0.462. The Labute approximate surface area is 98.0 Å². The standard InChI is InChI=1S/C13H21N3/c1-3-15-13(14-2)16-11-7-10-12-8-5-4-6-9-12/h4-6,8-9H,3,7,10-11H2,1-2H3,(H2,14,15,16). The van der Waals surface area contributed by atoms with Crippen LogP contribution in [0.5, 0.6) is 0 Å². The van der Waals surface area contributed by atoms with Crippen LogP contribution in [0.3, 0.4) is 0 Å². The largest absolute Gasteiger partial charge is 0.357 e. The lowest BCUT2D eigenvalue weighted by Gasteiger charge is -2.09. The molecule has 0 aliphatic carbocycles. The Morgan fingerprint density at radius 1 is 1.19 bits per heavy atom. The normalized spacial score (nSPS) is 11.2. The van der Waals surface area contributed by atoms with Crippen molar-refractivity contribution in [2.24, 2.45) is 4.99 Å². The van der Waals surface area contributed by atoms with Gasteiger partial charge in [0.25, 0.3) is 0 Å². The van der Waals surface area contributed by atoms with Crippen molar-refractivity contribution in [3.63, 3.8) is 0 Å². The summed E-state index contributed by atoms with van der Waals surface area (Å²) < 4.78 is 0. The van der Waals surface area contributed by atoms with Gasteiger partial charge in [0, 0.05) is 20.1 Å². The molecule has 16 heavy (non-hydrogen) atoms. The van der Waals surface area contributed by atoms with E-state index in [0.29, 0.717) is 0 Å². The second-order valence-corrected chi connectivity index (χ2v) is 3.62. The van der Waals surface area contributed by atoms with Gasteiger partial charge in [-0.05, 0) is 25.3 Å². The number of aryl methyl sites for hydroxylation is 1. The summed E-state index contributed by atoms with van der Waals surface area (Å²) in [5, 5.41) is 6.45. The zero-order valence-electron chi connectivity index (χ0n) is 10.2. The van der Waals surface area contributed by atoms with E-state index in [2.05, 4.69) is 52.9 Å². The third-order valence-electron chi connectivity index (χ3n) is 2.35. The van der Waals surface area contributed by atoms with Crippen molar-refractivity contribution in [3.05, 3.63) is 35.9 Å². The van der Waals surface area contributed by atoms with E-state index >= 15 is 0 Å². The lowest BCUT2D eigenvalue weighted by molar-refractivity contribution is 0.748. The fourth-order valence-corrected chi connectivity index (χ4v) is 1.53. The first-order valence-corrected chi connectivity index (χ1v) is 5.85. The van der Waals surface area contributed by atoms with Crippen molar-refractivity contribution in [1.82, 2.24) is 10.6 Å². The Hall–Kier alpha value is -1.51. The van der Waals surface area contributed by atoms with E-state index in [1.165, 1.54) is 5.56 Å². The molecule has 0 aliphatic rings. The van der Waals surface area contributed by atoms with Gasteiger partial charge in [0.05, 0.1) is 0 Å². The van der Waals surface area contributed by atoms with Crippen LogP contribution in [0.15, 0.2) is 35.3 Å². The van der Waals surface area contributed by atoms with E-state index in [-0.39, 0.29) is 0 Å². The molecule has 3 nitrogen and oxygen atoms in total. The number of rotatable bonds is 5. The van der Waals surface area contributed by atoms with Crippen LogP contribution in [-0.2, 0) is 6.42 Å². The van der Waals surface area contributed by atoms with Crippen molar-refractivity contribution in [2.45, 2.75) is 19.8 Å². The van der Waals surface area contributed by atoms with Crippen molar-refractivity contribution in [2.75, 3.05) is 20.1 Å². The zero-order valence-corrected chi connectivity index (χ0v) is 10.2. The van der Waals surface area contributed by atoms with Gasteiger partial charge in [0.2, 0.25) is 0 Å². The highest BCUT2D eigenvalue weighted by Crippen LogP contribution is 2.01. The smallest absolute Gasteiger partial charge is 0.190 e. The van der Waals surface area contributed by atoms with E-state index in [0.717, 1.165) is 31.9 Å². The molecule has 2 N–H and O–H groups in total. The molecule has 0 aromatic heterocycles. The molecule has 0 bridgehead atoms. The second kappa shape index (κ2) is 7.74. The molecule has 0 saturated heterocycles. The first-order chi connectivity index (χ1) is 7.86. The maximum atomic E-state index is 4.12. The molecule has 0 unspecified atom stereocenters. The monoisotopic (exact) mass is 219 g/mol. The van der Waals surface area contributed by atoms with Gasteiger partial charge >= 0.3 is 0 Å². The number of guanidine groups is 1. The second-order valence-electron chi connectivity index (χ2n) is 3.62. The molecule has 1 aromatic rings. The molecule has 1 aromatic carbocycles. The molecule has 0 radical (unpaired) electrons. The van der Waals surface area contributed by atoms with E-state index in [1.54, 1.807) is 7.05 Å². The van der Waals surface area contributed by atoms with Crippen LogP contribution in [0.25, 0.3) is 0 Å². The SMILES string of the molecule is CCNC(=NC)NCCCc1ccccc1. The summed E-state index contributed by atoms with van der Waals surface area (Å²) in [6.07, 6.45) is 2.23. The Kier molecular flexibility index (Phi) is 6.07. The predicted octanol–water partition coefficient (Wildman–Crippen LogP) is 1.80. The summed E-state index contributed by atoms with van der Waals surface area (Å²) in [7, 11) is 1.79. The molecule has 0 aliphatic heterocycles. The molecule has 1 rings (SSSR count). The van der Waals surface area contributed by atoms with Gasteiger partial charge in [-0.1, -0.05) is 30.3 Å². The molecule has 88 valence electrons. The van der Waals surface area contributed by atoms with Crippen molar-refractivity contribution < 1.29 is 0 Å². The van der Waals surface area contributed by atoms with E-state index < -0.39 is 0 Å². The first kappa shape index (κ1) is 12.6. The van der Waals surface area contributed by atoms with Crippen molar-refractivity contribution in [1.29, 1.82) is 0 Å². The minimum absolute atomic E-state index is 0.885. The number of nitrogens with zero attached hydrogens (tertiary/aromatic N) is 1. The minimum Gasteiger partial charge on any atom is -0.357 e. The van der Waals surface area contributed by atoms with Gasteiger partial charge in [0.1, 0.15) is 0 Å². The quantitative estimate of drug-likeness (QED) is 0.450. The Morgan fingerprint density at radius 3 is 2.56 bits per heavy atom. The van der Waals surface area contributed by atoms with Crippen LogP contribution in [0.1, 0.15) is 18.9 Å². The molecule has 0 spiro atoms. The first-order valence-electron chi connectivity index (χ1n) is 5.85. The van der Waals surface area contributed by atoms with Gasteiger partial charge in [0.15, 0.2) is 5.96 Å². The summed E-state index contributed by atoms with van der Waals surface area (Å²) in [6, 6.07) is 10.5. The topological polar surface area (TPSA) is 36.4 Å². The summed E-state index contributed by atoms with van der Waals surface area (Å²) in [5.41, 5.74) is 1.39. The molecule has 0 atom stereocenters. The Bertz CT molecular complexity index is 306. The summed E-state index contributed by atoms with van der Waals surface area (Å²) in [6.45, 7) is 3.92. The van der Waals surface area contributed by atoms with Gasteiger partial charge < -0.3 is 10.6 Å². The molecule has 0 heterocycles. The maximum Gasteiger partial charge on any atom is 0.190 e. The molecule has 3 heteroatoms. The molecule has 0 fully saturated rings. The van der Waals surface area contributed by atoms with Gasteiger partial charge in [-0.25, -0.2) is 0 Å². The predicted molar refractivity (Wildman–Crippen MR) is 69.8 cm³/mol. The zero-order chi connectivity index (χ0) is 11.6. The van der Waals surface area contributed by atoms with Crippen molar-refractivity contribution in [3.8, 4) is 0 Å². The third-order valence-corrected chi connectivity index (χ3v) is 2.35. The number of hydrogen-bond donors (Lipinski definition) is 2. The fourth-order valence-electron chi connectivity index (χ4n) is 1.53. The van der Waals surface area contributed by atoms with Crippen LogP contribution in [0.2, 0.25) is 0 Å². The van der Waals surface area contributed by atoms with E-state index in [1.807, 2.05) is 0 Å². The summed E-state index contributed by atoms with van der Waals surface area (Å²) >= 11 is 0. The molecule has 0 amide bonds. The van der Waals surface area contributed by atoms with Crippen LogP contribution < -0.4 is 10.6 Å². The average Bonchev–Trinajstić information content (AvgIpc) is 2.34. The van der Waals surface area contributed by atoms with Gasteiger partial charge in [-0.15, -0.1) is 0 Å². The third kappa shape index (κ3) is 4.82. The lowest BCUT2D eigenvalue weighted by atomic mass is 10.1. The lowest BCUT2D eigenvalue weighted by Crippen LogP contribution is -2.37. The Balaban J connectivity index is 2.17. The average molecular weight is 219 g/mol. The molecular weight excluding hydrogens is 198 g/mol. The van der Waals surface area contributed by atoms with Crippen LogP contribution in [-0.4, -0.2) is 26.1 Å². The number of benzene rings is 1. The Morgan fingerprint density at radius 2 is 1.94 bits per heavy atom. The highest BCUT2D eigenvalue weighted by atomic mass is 15.2. The van der Waals surface area contributed by atoms with Crippen LogP contribution in [0, 0.1) is 0 Å². The van der Waals surface area contributed by atoms with Crippen molar-refractivity contribution >= 4 is 5.96 Å². The summed E-state index contributed by atoms with van der Waals surface area (Å²) in [4.78, 5) is 4.12. The van der Waals surface area contributed by atoms with Gasteiger partial charge in [-0.2, -0.15) is 0 Å². The highest BCUT2D eigenvalue weighted by molar-refractivity contribution is 5.79. The number of hydrogen-bond acceptors (Lipinski definition) is 1. The number of nitrogens with one attached hydrogen (secondary N) is 2. The van der Waals surface area contributed by atoms with Gasteiger partial charge in [-0.3, -0.25) is 4.99 Å². The van der Waals surface area contributed by atoms with Crippen LogP contribution in [0.4, 0.5) is 0 Å². The number of aliphatic imine (C=N–C) groups is 1. The summed E-state index contributed by atoms with van der Waals surface area (Å²) in [5.74, 6) is 0.885.